The van der Waals surface area contributed by atoms with E-state index in [1.165, 1.54) is 5.56 Å². The van der Waals surface area contributed by atoms with E-state index < -0.39 is 0 Å². The van der Waals surface area contributed by atoms with Crippen molar-refractivity contribution in [2.75, 3.05) is 18.4 Å². The first-order valence-electron chi connectivity index (χ1n) is 8.61. The standard InChI is InChI=1S/C19H23N5/c1-15-12-23(13-16-6-3-2-4-7-16)11-9-17(15)22-19-18-8-5-10-24(18)21-14-20-19/h2-8,10,14-15,17H,9,11-13H2,1H3,(H,20,21,22). The molecule has 1 aliphatic rings. The summed E-state index contributed by atoms with van der Waals surface area (Å²) in [7, 11) is 0. The summed E-state index contributed by atoms with van der Waals surface area (Å²) in [6.07, 6.45) is 4.70. The number of fused-ring (bicyclic) bond motifs is 1. The molecular formula is C19H23N5. The van der Waals surface area contributed by atoms with Gasteiger partial charge in [0.25, 0.3) is 0 Å². The fourth-order valence-electron chi connectivity index (χ4n) is 3.58. The van der Waals surface area contributed by atoms with Crippen LogP contribution in [0.15, 0.2) is 55.0 Å². The number of nitrogens with one attached hydrogen (secondary N) is 1. The van der Waals surface area contributed by atoms with Gasteiger partial charge in [0, 0.05) is 31.9 Å². The largest absolute Gasteiger partial charge is 0.365 e. The van der Waals surface area contributed by atoms with Gasteiger partial charge in [0.15, 0.2) is 5.82 Å². The highest BCUT2D eigenvalue weighted by Crippen LogP contribution is 2.23. The van der Waals surface area contributed by atoms with Crippen LogP contribution in [-0.2, 0) is 6.54 Å². The highest BCUT2D eigenvalue weighted by atomic mass is 15.3. The van der Waals surface area contributed by atoms with E-state index in [0.717, 1.165) is 37.4 Å². The number of aromatic nitrogens is 3. The van der Waals surface area contributed by atoms with Crippen molar-refractivity contribution in [1.29, 1.82) is 0 Å². The molecule has 2 aromatic heterocycles. The first kappa shape index (κ1) is 15.1. The van der Waals surface area contributed by atoms with Gasteiger partial charge in [0.1, 0.15) is 11.8 Å². The Hall–Kier alpha value is -2.40. The molecule has 4 rings (SSSR count). The third kappa shape index (κ3) is 3.12. The van der Waals surface area contributed by atoms with Gasteiger partial charge in [-0.3, -0.25) is 4.90 Å². The van der Waals surface area contributed by atoms with Gasteiger partial charge < -0.3 is 5.32 Å². The van der Waals surface area contributed by atoms with Crippen LogP contribution in [0.4, 0.5) is 5.82 Å². The molecule has 124 valence electrons. The number of nitrogens with zero attached hydrogens (tertiary/aromatic N) is 4. The normalized spacial score (nSPS) is 21.9. The van der Waals surface area contributed by atoms with Crippen molar-refractivity contribution in [2.24, 2.45) is 5.92 Å². The van der Waals surface area contributed by atoms with Crippen LogP contribution in [0, 0.1) is 5.92 Å². The number of likely N-dealkylation sites (tertiary alicyclic amines) is 1. The van der Waals surface area contributed by atoms with Crippen molar-refractivity contribution >= 4 is 11.3 Å². The zero-order chi connectivity index (χ0) is 16.4. The van der Waals surface area contributed by atoms with Gasteiger partial charge in [-0.25, -0.2) is 9.50 Å². The van der Waals surface area contributed by atoms with E-state index in [0.29, 0.717) is 12.0 Å². The van der Waals surface area contributed by atoms with Crippen LogP contribution in [0.2, 0.25) is 0 Å². The van der Waals surface area contributed by atoms with E-state index in [2.05, 4.69) is 63.6 Å². The molecule has 1 aromatic carbocycles. The second-order valence-corrected chi connectivity index (χ2v) is 6.68. The van der Waals surface area contributed by atoms with E-state index in [1.807, 2.05) is 16.8 Å². The zero-order valence-corrected chi connectivity index (χ0v) is 14.0. The highest BCUT2D eigenvalue weighted by molar-refractivity contribution is 5.67. The van der Waals surface area contributed by atoms with Crippen molar-refractivity contribution in [3.8, 4) is 0 Å². The lowest BCUT2D eigenvalue weighted by molar-refractivity contribution is 0.164. The molecule has 3 aromatic rings. The lowest BCUT2D eigenvalue weighted by atomic mass is 9.93. The summed E-state index contributed by atoms with van der Waals surface area (Å²) in [4.78, 5) is 6.98. The van der Waals surface area contributed by atoms with Gasteiger partial charge in [-0.15, -0.1) is 0 Å². The molecule has 1 saturated heterocycles. The molecular weight excluding hydrogens is 298 g/mol. The quantitative estimate of drug-likeness (QED) is 0.802. The summed E-state index contributed by atoms with van der Waals surface area (Å²) in [6, 6.07) is 15.2. The summed E-state index contributed by atoms with van der Waals surface area (Å²) in [5.74, 6) is 1.51. The molecule has 2 atom stereocenters. The summed E-state index contributed by atoms with van der Waals surface area (Å²) in [5, 5.41) is 7.88. The Morgan fingerprint density at radius 1 is 1.17 bits per heavy atom. The van der Waals surface area contributed by atoms with Gasteiger partial charge in [-0.05, 0) is 30.0 Å². The lowest BCUT2D eigenvalue weighted by Crippen LogP contribution is -2.45. The van der Waals surface area contributed by atoms with Crippen LogP contribution in [-0.4, -0.2) is 38.6 Å². The van der Waals surface area contributed by atoms with Crippen molar-refractivity contribution in [2.45, 2.75) is 25.9 Å². The Balaban J connectivity index is 1.41. The Morgan fingerprint density at radius 3 is 2.88 bits per heavy atom. The lowest BCUT2D eigenvalue weighted by Gasteiger charge is -2.37. The third-order valence-electron chi connectivity index (χ3n) is 4.89. The maximum absolute atomic E-state index is 4.44. The number of piperidine rings is 1. The highest BCUT2D eigenvalue weighted by Gasteiger charge is 2.26. The van der Waals surface area contributed by atoms with E-state index >= 15 is 0 Å². The molecule has 0 bridgehead atoms. The Morgan fingerprint density at radius 2 is 2.04 bits per heavy atom. The molecule has 2 unspecified atom stereocenters. The van der Waals surface area contributed by atoms with Crippen LogP contribution >= 0.6 is 0 Å². The van der Waals surface area contributed by atoms with Crippen molar-refractivity contribution in [1.82, 2.24) is 19.5 Å². The molecule has 0 amide bonds. The number of benzene rings is 1. The molecule has 24 heavy (non-hydrogen) atoms. The number of hydrogen-bond donors (Lipinski definition) is 1. The molecule has 1 N–H and O–H groups in total. The fraction of sp³-hybridized carbons (Fsp3) is 0.368. The molecule has 5 heteroatoms. The zero-order valence-electron chi connectivity index (χ0n) is 14.0. The molecule has 0 aliphatic carbocycles. The second-order valence-electron chi connectivity index (χ2n) is 6.68. The molecule has 0 radical (unpaired) electrons. The average molecular weight is 321 g/mol. The summed E-state index contributed by atoms with van der Waals surface area (Å²) in [6.45, 7) is 5.58. The smallest absolute Gasteiger partial charge is 0.154 e. The summed E-state index contributed by atoms with van der Waals surface area (Å²) in [5.41, 5.74) is 2.43. The molecule has 1 aliphatic heterocycles. The minimum Gasteiger partial charge on any atom is -0.365 e. The van der Waals surface area contributed by atoms with Gasteiger partial charge in [-0.2, -0.15) is 5.10 Å². The predicted octanol–water partition coefficient (Wildman–Crippen LogP) is 3.05. The third-order valence-corrected chi connectivity index (χ3v) is 4.89. The van der Waals surface area contributed by atoms with Crippen LogP contribution < -0.4 is 5.32 Å². The first-order valence-corrected chi connectivity index (χ1v) is 8.61. The number of hydrogen-bond acceptors (Lipinski definition) is 4. The Labute approximate surface area is 142 Å². The molecule has 0 saturated carbocycles. The van der Waals surface area contributed by atoms with E-state index in [-0.39, 0.29) is 0 Å². The summed E-state index contributed by atoms with van der Waals surface area (Å²) < 4.78 is 1.87. The van der Waals surface area contributed by atoms with Crippen LogP contribution in [0.3, 0.4) is 0 Å². The van der Waals surface area contributed by atoms with Crippen LogP contribution in [0.25, 0.3) is 5.52 Å². The fourth-order valence-corrected chi connectivity index (χ4v) is 3.58. The minimum absolute atomic E-state index is 0.450. The van der Waals surface area contributed by atoms with Gasteiger partial charge in [0.2, 0.25) is 0 Å². The van der Waals surface area contributed by atoms with Gasteiger partial charge in [-0.1, -0.05) is 37.3 Å². The number of rotatable bonds is 4. The van der Waals surface area contributed by atoms with Crippen LogP contribution in [0.1, 0.15) is 18.9 Å². The molecule has 0 spiro atoms. The molecule has 5 nitrogen and oxygen atoms in total. The monoisotopic (exact) mass is 321 g/mol. The van der Waals surface area contributed by atoms with Gasteiger partial charge >= 0.3 is 0 Å². The summed E-state index contributed by atoms with van der Waals surface area (Å²) >= 11 is 0. The Kier molecular flexibility index (Phi) is 4.17. The van der Waals surface area contributed by atoms with E-state index in [1.54, 1.807) is 6.33 Å². The molecule has 3 heterocycles. The van der Waals surface area contributed by atoms with Crippen molar-refractivity contribution < 1.29 is 0 Å². The van der Waals surface area contributed by atoms with Crippen molar-refractivity contribution in [3.05, 3.63) is 60.6 Å². The second kappa shape index (κ2) is 6.61. The van der Waals surface area contributed by atoms with E-state index in [9.17, 15) is 0 Å². The maximum atomic E-state index is 4.44. The Bertz CT molecular complexity index is 798. The van der Waals surface area contributed by atoms with Crippen LogP contribution in [0.5, 0.6) is 0 Å². The SMILES string of the molecule is CC1CN(Cc2ccccc2)CCC1Nc1ncnn2cccc12. The molecule has 1 fully saturated rings. The maximum Gasteiger partial charge on any atom is 0.154 e. The first-order chi connectivity index (χ1) is 11.8. The van der Waals surface area contributed by atoms with E-state index in [4.69, 9.17) is 0 Å². The van der Waals surface area contributed by atoms with Crippen molar-refractivity contribution in [3.63, 3.8) is 0 Å². The minimum atomic E-state index is 0.450. The predicted molar refractivity (Wildman–Crippen MR) is 95.9 cm³/mol. The average Bonchev–Trinajstić information content (AvgIpc) is 3.08. The number of anilines is 1. The van der Waals surface area contributed by atoms with Gasteiger partial charge in [0.05, 0.1) is 0 Å². The topological polar surface area (TPSA) is 45.5 Å².